The minimum Gasteiger partial charge on any atom is -0.258 e. The predicted octanol–water partition coefficient (Wildman–Crippen LogP) is 1.45. The number of thiophene rings is 1. The summed E-state index contributed by atoms with van der Waals surface area (Å²) in [4.78, 5) is 9.65. The molecule has 1 aromatic heterocycles. The Morgan fingerprint density at radius 2 is 2.15 bits per heavy atom. The van der Waals surface area contributed by atoms with E-state index in [1.54, 1.807) is 0 Å². The standard InChI is InChI=1S/C6H7NO4S2/c1-2-13(10,11)6-4-3-5(12-6)7(8)9/h3-4H,2H2,1H3. The van der Waals surface area contributed by atoms with Crippen molar-refractivity contribution in [1.29, 1.82) is 0 Å². The van der Waals surface area contributed by atoms with Crippen LogP contribution in [0.3, 0.4) is 0 Å². The van der Waals surface area contributed by atoms with E-state index < -0.39 is 14.8 Å². The SMILES string of the molecule is CCS(=O)(=O)c1ccc([N+](=O)[O-])s1. The van der Waals surface area contributed by atoms with Gasteiger partial charge in [-0.15, -0.1) is 0 Å². The lowest BCUT2D eigenvalue weighted by molar-refractivity contribution is -0.380. The highest BCUT2D eigenvalue weighted by atomic mass is 32.2. The van der Waals surface area contributed by atoms with E-state index in [0.717, 1.165) is 0 Å². The fourth-order valence-electron chi connectivity index (χ4n) is 0.718. The maximum atomic E-state index is 11.2. The molecule has 0 fully saturated rings. The van der Waals surface area contributed by atoms with Crippen LogP contribution in [0.2, 0.25) is 0 Å². The zero-order chi connectivity index (χ0) is 10.1. The molecule has 0 aliphatic rings. The van der Waals surface area contributed by atoms with Gasteiger partial charge in [0.25, 0.3) is 0 Å². The van der Waals surface area contributed by atoms with E-state index in [1.165, 1.54) is 19.1 Å². The average Bonchev–Trinajstić information content (AvgIpc) is 2.52. The van der Waals surface area contributed by atoms with Crippen molar-refractivity contribution in [3.63, 3.8) is 0 Å². The van der Waals surface area contributed by atoms with Gasteiger partial charge in [0.05, 0.1) is 10.7 Å². The van der Waals surface area contributed by atoms with Gasteiger partial charge in [0.15, 0.2) is 9.84 Å². The summed E-state index contributed by atoms with van der Waals surface area (Å²) in [5.74, 6) is -0.0370. The van der Waals surface area contributed by atoms with E-state index >= 15 is 0 Å². The lowest BCUT2D eigenvalue weighted by Gasteiger charge is -1.92. The highest BCUT2D eigenvalue weighted by Gasteiger charge is 2.18. The Bertz CT molecular complexity index is 420. The first kappa shape index (κ1) is 10.1. The lowest BCUT2D eigenvalue weighted by Crippen LogP contribution is -2.00. The molecule has 1 heterocycles. The van der Waals surface area contributed by atoms with Crippen molar-refractivity contribution in [3.05, 3.63) is 22.2 Å². The fraction of sp³-hybridized carbons (Fsp3) is 0.333. The van der Waals surface area contributed by atoms with Crippen molar-refractivity contribution < 1.29 is 13.3 Å². The molecule has 1 aromatic rings. The molecule has 0 unspecified atom stereocenters. The van der Waals surface area contributed by atoms with Gasteiger partial charge in [0.2, 0.25) is 0 Å². The predicted molar refractivity (Wildman–Crippen MR) is 48.7 cm³/mol. The van der Waals surface area contributed by atoms with Crippen molar-refractivity contribution in [2.24, 2.45) is 0 Å². The van der Waals surface area contributed by atoms with Crippen LogP contribution >= 0.6 is 11.3 Å². The summed E-state index contributed by atoms with van der Waals surface area (Å²) < 4.78 is 22.5. The van der Waals surface area contributed by atoms with E-state index in [0.29, 0.717) is 11.3 Å². The molecule has 0 aliphatic carbocycles. The Labute approximate surface area is 79.1 Å². The van der Waals surface area contributed by atoms with Gasteiger partial charge in [-0.3, -0.25) is 10.1 Å². The molecule has 0 aromatic carbocycles. The molecule has 0 spiro atoms. The van der Waals surface area contributed by atoms with Gasteiger partial charge in [0, 0.05) is 6.07 Å². The topological polar surface area (TPSA) is 77.3 Å². The Morgan fingerprint density at radius 1 is 1.54 bits per heavy atom. The Kier molecular flexibility index (Phi) is 2.67. The van der Waals surface area contributed by atoms with Gasteiger partial charge < -0.3 is 0 Å². The minimum atomic E-state index is -3.30. The third-order valence-electron chi connectivity index (χ3n) is 1.43. The third-order valence-corrected chi connectivity index (χ3v) is 4.79. The normalized spacial score (nSPS) is 11.5. The second kappa shape index (κ2) is 3.43. The van der Waals surface area contributed by atoms with Gasteiger partial charge in [-0.2, -0.15) is 0 Å². The molecule has 0 N–H and O–H groups in total. The van der Waals surface area contributed by atoms with Crippen LogP contribution in [0.1, 0.15) is 6.92 Å². The average molecular weight is 221 g/mol. The number of nitrogens with zero attached hydrogens (tertiary/aromatic N) is 1. The highest BCUT2D eigenvalue weighted by molar-refractivity contribution is 7.93. The van der Waals surface area contributed by atoms with Crippen LogP contribution < -0.4 is 0 Å². The summed E-state index contributed by atoms with van der Waals surface area (Å²) in [6, 6.07) is 2.47. The second-order valence-electron chi connectivity index (χ2n) is 2.25. The third kappa shape index (κ3) is 2.04. The van der Waals surface area contributed by atoms with Gasteiger partial charge in [0.1, 0.15) is 4.21 Å². The number of sulfone groups is 1. The Hall–Kier alpha value is -0.950. The van der Waals surface area contributed by atoms with Crippen LogP contribution in [0.15, 0.2) is 16.3 Å². The molecule has 0 aliphatic heterocycles. The zero-order valence-corrected chi connectivity index (χ0v) is 8.39. The molecular formula is C6H7NO4S2. The number of hydrogen-bond acceptors (Lipinski definition) is 5. The first-order valence-electron chi connectivity index (χ1n) is 3.44. The summed E-state index contributed by atoms with van der Waals surface area (Å²) in [5, 5.41) is 10.1. The second-order valence-corrected chi connectivity index (χ2v) is 5.82. The van der Waals surface area contributed by atoms with Crippen molar-refractivity contribution in [2.45, 2.75) is 11.1 Å². The molecule has 5 nitrogen and oxygen atoms in total. The Balaban J connectivity index is 3.13. The molecule has 0 radical (unpaired) electrons. The number of nitro groups is 1. The van der Waals surface area contributed by atoms with Crippen LogP contribution in [-0.2, 0) is 9.84 Å². The van der Waals surface area contributed by atoms with Gasteiger partial charge in [-0.1, -0.05) is 18.3 Å². The molecule has 0 atom stereocenters. The molecule has 7 heteroatoms. The molecule has 1 rings (SSSR count). The first-order chi connectivity index (χ1) is 5.97. The van der Waals surface area contributed by atoms with E-state index in [1.807, 2.05) is 0 Å². The number of rotatable bonds is 3. The van der Waals surface area contributed by atoms with Crippen LogP contribution in [0.4, 0.5) is 5.00 Å². The van der Waals surface area contributed by atoms with Crippen molar-refractivity contribution in [1.82, 2.24) is 0 Å². The zero-order valence-electron chi connectivity index (χ0n) is 6.76. The maximum absolute atomic E-state index is 11.2. The molecule has 72 valence electrons. The van der Waals surface area contributed by atoms with E-state index in [4.69, 9.17) is 0 Å². The summed E-state index contributed by atoms with van der Waals surface area (Å²) in [6.45, 7) is 1.50. The highest BCUT2D eigenvalue weighted by Crippen LogP contribution is 2.28. The van der Waals surface area contributed by atoms with E-state index in [9.17, 15) is 18.5 Å². The maximum Gasteiger partial charge on any atom is 0.325 e. The Morgan fingerprint density at radius 3 is 2.54 bits per heavy atom. The molecule has 0 bridgehead atoms. The fourth-order valence-corrected chi connectivity index (χ4v) is 2.95. The van der Waals surface area contributed by atoms with Crippen LogP contribution in [0.25, 0.3) is 0 Å². The lowest BCUT2D eigenvalue weighted by atomic mass is 10.6. The molecule has 0 saturated heterocycles. The monoisotopic (exact) mass is 221 g/mol. The minimum absolute atomic E-state index is 0.0370. The van der Waals surface area contributed by atoms with Crippen molar-refractivity contribution in [2.75, 3.05) is 5.75 Å². The summed E-state index contributed by atoms with van der Waals surface area (Å²) in [6.07, 6.45) is 0. The summed E-state index contributed by atoms with van der Waals surface area (Å²) in [5.41, 5.74) is 0. The number of hydrogen-bond donors (Lipinski definition) is 0. The van der Waals surface area contributed by atoms with Crippen molar-refractivity contribution >= 4 is 26.2 Å². The van der Waals surface area contributed by atoms with Crippen LogP contribution in [0.5, 0.6) is 0 Å². The largest absolute Gasteiger partial charge is 0.325 e. The van der Waals surface area contributed by atoms with Crippen LogP contribution in [0, 0.1) is 10.1 Å². The molecular weight excluding hydrogens is 214 g/mol. The van der Waals surface area contributed by atoms with Gasteiger partial charge >= 0.3 is 5.00 Å². The van der Waals surface area contributed by atoms with Crippen molar-refractivity contribution in [3.8, 4) is 0 Å². The molecule has 0 amide bonds. The van der Waals surface area contributed by atoms with E-state index in [-0.39, 0.29) is 15.0 Å². The summed E-state index contributed by atoms with van der Waals surface area (Å²) in [7, 11) is -3.30. The smallest absolute Gasteiger partial charge is 0.258 e. The summed E-state index contributed by atoms with van der Waals surface area (Å²) >= 11 is 0.685. The van der Waals surface area contributed by atoms with E-state index in [2.05, 4.69) is 0 Å². The molecule has 0 saturated carbocycles. The quantitative estimate of drug-likeness (QED) is 0.571. The van der Waals surface area contributed by atoms with Gasteiger partial charge in [-0.25, -0.2) is 8.42 Å². The van der Waals surface area contributed by atoms with Gasteiger partial charge in [-0.05, 0) is 6.07 Å². The van der Waals surface area contributed by atoms with Crippen LogP contribution in [-0.4, -0.2) is 19.1 Å². The molecule has 13 heavy (non-hydrogen) atoms. The first-order valence-corrected chi connectivity index (χ1v) is 5.91.